The summed E-state index contributed by atoms with van der Waals surface area (Å²) in [5.74, 6) is 0.906. The molecule has 102 valence electrons. The quantitative estimate of drug-likeness (QED) is 0.895. The highest BCUT2D eigenvalue weighted by atomic mass is 15.2. The molecule has 2 aromatic rings. The largest absolute Gasteiger partial charge is 0.356 e. The van der Waals surface area contributed by atoms with Gasteiger partial charge in [0.05, 0.1) is 0 Å². The van der Waals surface area contributed by atoms with Crippen molar-refractivity contribution in [3.8, 4) is 11.1 Å². The lowest BCUT2D eigenvalue weighted by Crippen LogP contribution is -2.40. The summed E-state index contributed by atoms with van der Waals surface area (Å²) in [6, 6.07) is 12.5. The van der Waals surface area contributed by atoms with E-state index in [0.717, 1.165) is 37.6 Å². The Kier molecular flexibility index (Phi) is 3.92. The molecular formula is C16H18N4. The van der Waals surface area contributed by atoms with Gasteiger partial charge in [0.15, 0.2) is 5.96 Å². The van der Waals surface area contributed by atoms with Crippen molar-refractivity contribution in [3.63, 3.8) is 0 Å². The van der Waals surface area contributed by atoms with Crippen LogP contribution in [-0.2, 0) is 6.54 Å². The van der Waals surface area contributed by atoms with E-state index in [1.807, 2.05) is 12.3 Å². The van der Waals surface area contributed by atoms with Gasteiger partial charge in [-0.25, -0.2) is 0 Å². The zero-order valence-corrected chi connectivity index (χ0v) is 11.3. The smallest absolute Gasteiger partial charge is 0.191 e. The fraction of sp³-hybridized carbons (Fsp3) is 0.250. The Morgan fingerprint density at radius 1 is 1.15 bits per heavy atom. The van der Waals surface area contributed by atoms with Crippen LogP contribution in [-0.4, -0.2) is 24.0 Å². The molecule has 4 nitrogen and oxygen atoms in total. The average molecular weight is 266 g/mol. The summed E-state index contributed by atoms with van der Waals surface area (Å²) in [7, 11) is 0. The number of aromatic nitrogens is 1. The molecule has 2 N–H and O–H groups in total. The minimum absolute atomic E-state index is 0.778. The third-order valence-corrected chi connectivity index (χ3v) is 3.28. The molecule has 0 bridgehead atoms. The molecule has 0 saturated carbocycles. The van der Waals surface area contributed by atoms with Crippen LogP contribution in [0, 0.1) is 0 Å². The van der Waals surface area contributed by atoms with Crippen LogP contribution in [0.2, 0.25) is 0 Å². The average Bonchev–Trinajstić information content (AvgIpc) is 2.55. The van der Waals surface area contributed by atoms with Crippen LogP contribution in [0.25, 0.3) is 11.1 Å². The Bertz CT molecular complexity index is 592. The van der Waals surface area contributed by atoms with Crippen molar-refractivity contribution < 1.29 is 0 Å². The Hall–Kier alpha value is -2.36. The molecular weight excluding hydrogens is 248 g/mol. The standard InChI is InChI=1S/C16H18N4/c1-4-13(11-20-16-18-8-3-9-19-16)10-14(5-1)15-6-2-7-17-12-15/h1-2,4-7,10,12H,3,8-9,11H2,(H2,18,19,20). The highest BCUT2D eigenvalue weighted by Gasteiger charge is 2.04. The van der Waals surface area contributed by atoms with E-state index in [1.165, 1.54) is 11.1 Å². The molecule has 0 atom stereocenters. The second-order valence-corrected chi connectivity index (χ2v) is 4.81. The number of nitrogens with zero attached hydrogens (tertiary/aromatic N) is 2. The van der Waals surface area contributed by atoms with Crippen molar-refractivity contribution >= 4 is 5.96 Å². The molecule has 1 aromatic carbocycles. The zero-order chi connectivity index (χ0) is 13.6. The molecule has 2 heterocycles. The summed E-state index contributed by atoms with van der Waals surface area (Å²) >= 11 is 0. The highest BCUT2D eigenvalue weighted by Crippen LogP contribution is 2.19. The van der Waals surface area contributed by atoms with E-state index < -0.39 is 0 Å². The molecule has 0 aliphatic carbocycles. The molecule has 0 spiro atoms. The van der Waals surface area contributed by atoms with Crippen LogP contribution in [0.4, 0.5) is 0 Å². The topological polar surface area (TPSA) is 49.3 Å². The van der Waals surface area contributed by atoms with E-state index in [2.05, 4.69) is 50.9 Å². The fourth-order valence-corrected chi connectivity index (χ4v) is 2.23. The summed E-state index contributed by atoms with van der Waals surface area (Å²) < 4.78 is 0. The van der Waals surface area contributed by atoms with Crippen LogP contribution < -0.4 is 10.6 Å². The molecule has 20 heavy (non-hydrogen) atoms. The molecule has 3 rings (SSSR count). The summed E-state index contributed by atoms with van der Waals surface area (Å²) in [6.45, 7) is 2.69. The second-order valence-electron chi connectivity index (χ2n) is 4.81. The van der Waals surface area contributed by atoms with Crippen LogP contribution >= 0.6 is 0 Å². The van der Waals surface area contributed by atoms with Crippen LogP contribution in [0.3, 0.4) is 0 Å². The third kappa shape index (κ3) is 3.15. The number of benzene rings is 1. The van der Waals surface area contributed by atoms with Gasteiger partial charge in [0.2, 0.25) is 0 Å². The number of aliphatic imine (C=N–C) groups is 1. The zero-order valence-electron chi connectivity index (χ0n) is 11.3. The van der Waals surface area contributed by atoms with E-state index in [1.54, 1.807) is 6.20 Å². The van der Waals surface area contributed by atoms with E-state index in [-0.39, 0.29) is 0 Å². The Balaban J connectivity index is 1.70. The number of pyridine rings is 1. The molecule has 0 saturated heterocycles. The van der Waals surface area contributed by atoms with Crippen LogP contribution in [0.1, 0.15) is 12.0 Å². The third-order valence-electron chi connectivity index (χ3n) is 3.28. The number of guanidine groups is 1. The summed E-state index contributed by atoms with van der Waals surface area (Å²) in [5.41, 5.74) is 3.57. The summed E-state index contributed by atoms with van der Waals surface area (Å²) in [4.78, 5) is 8.57. The first-order valence-corrected chi connectivity index (χ1v) is 6.93. The van der Waals surface area contributed by atoms with E-state index in [0.29, 0.717) is 0 Å². The van der Waals surface area contributed by atoms with Gasteiger partial charge in [0, 0.05) is 32.0 Å². The molecule has 0 unspecified atom stereocenters. The van der Waals surface area contributed by atoms with Gasteiger partial charge >= 0.3 is 0 Å². The van der Waals surface area contributed by atoms with Gasteiger partial charge in [-0.05, 0) is 35.2 Å². The van der Waals surface area contributed by atoms with Crippen molar-refractivity contribution in [1.82, 2.24) is 15.6 Å². The van der Waals surface area contributed by atoms with Gasteiger partial charge in [0.25, 0.3) is 0 Å². The minimum Gasteiger partial charge on any atom is -0.356 e. The molecule has 0 fully saturated rings. The van der Waals surface area contributed by atoms with Gasteiger partial charge in [-0.2, -0.15) is 0 Å². The Labute approximate surface area is 119 Å². The predicted molar refractivity (Wildman–Crippen MR) is 81.4 cm³/mol. The summed E-state index contributed by atoms with van der Waals surface area (Å²) in [6.07, 6.45) is 4.79. The number of rotatable bonds is 3. The van der Waals surface area contributed by atoms with E-state index in [9.17, 15) is 0 Å². The predicted octanol–water partition coefficient (Wildman–Crippen LogP) is 2.19. The van der Waals surface area contributed by atoms with Gasteiger partial charge in [-0.15, -0.1) is 0 Å². The Morgan fingerprint density at radius 3 is 2.90 bits per heavy atom. The number of hydrogen-bond donors (Lipinski definition) is 2. The molecule has 1 aromatic heterocycles. The molecule has 1 aliphatic heterocycles. The Morgan fingerprint density at radius 2 is 2.10 bits per heavy atom. The lowest BCUT2D eigenvalue weighted by Gasteiger charge is -2.16. The fourth-order valence-electron chi connectivity index (χ4n) is 2.23. The monoisotopic (exact) mass is 266 g/mol. The van der Waals surface area contributed by atoms with Gasteiger partial charge in [-0.3, -0.25) is 9.98 Å². The highest BCUT2D eigenvalue weighted by molar-refractivity contribution is 5.80. The normalized spacial score (nSPS) is 14.3. The maximum absolute atomic E-state index is 4.41. The molecule has 1 aliphatic rings. The maximum atomic E-state index is 4.41. The number of hydrogen-bond acceptors (Lipinski definition) is 4. The second kappa shape index (κ2) is 6.19. The number of nitrogens with one attached hydrogen (secondary N) is 2. The van der Waals surface area contributed by atoms with Crippen molar-refractivity contribution in [1.29, 1.82) is 0 Å². The van der Waals surface area contributed by atoms with Crippen molar-refractivity contribution in [2.75, 3.05) is 13.1 Å². The van der Waals surface area contributed by atoms with Crippen LogP contribution in [0.5, 0.6) is 0 Å². The SMILES string of the molecule is c1cncc(-c2cccc(CNC3=NCCCN3)c2)c1. The van der Waals surface area contributed by atoms with Gasteiger partial charge in [0.1, 0.15) is 0 Å². The lowest BCUT2D eigenvalue weighted by molar-refractivity contribution is 0.702. The molecule has 4 heteroatoms. The van der Waals surface area contributed by atoms with Crippen molar-refractivity contribution in [2.45, 2.75) is 13.0 Å². The minimum atomic E-state index is 0.778. The molecule has 0 amide bonds. The van der Waals surface area contributed by atoms with E-state index in [4.69, 9.17) is 0 Å². The first kappa shape index (κ1) is 12.7. The van der Waals surface area contributed by atoms with Crippen LogP contribution in [0.15, 0.2) is 53.8 Å². The van der Waals surface area contributed by atoms with Gasteiger partial charge in [-0.1, -0.05) is 24.3 Å². The van der Waals surface area contributed by atoms with Crippen molar-refractivity contribution in [2.24, 2.45) is 4.99 Å². The maximum Gasteiger partial charge on any atom is 0.191 e. The van der Waals surface area contributed by atoms with Crippen molar-refractivity contribution in [3.05, 3.63) is 54.4 Å². The lowest BCUT2D eigenvalue weighted by atomic mass is 10.0. The molecule has 0 radical (unpaired) electrons. The first-order valence-electron chi connectivity index (χ1n) is 6.93. The first-order chi connectivity index (χ1) is 9.92. The van der Waals surface area contributed by atoms with E-state index >= 15 is 0 Å². The summed E-state index contributed by atoms with van der Waals surface area (Å²) in [5, 5.41) is 6.60. The van der Waals surface area contributed by atoms with Gasteiger partial charge < -0.3 is 10.6 Å².